The third-order valence-corrected chi connectivity index (χ3v) is 8.79. The van der Waals surface area contributed by atoms with Crippen molar-refractivity contribution in [1.29, 1.82) is 0 Å². The number of fused-ring (bicyclic) bond motifs is 4. The number of phenols is 1. The number of hydrogen-bond acceptors (Lipinski definition) is 5. The van der Waals surface area contributed by atoms with Gasteiger partial charge in [-0.15, -0.1) is 0 Å². The summed E-state index contributed by atoms with van der Waals surface area (Å²) >= 11 is 25.3. The molecule has 6 rings (SSSR count). The molecule has 0 bridgehead atoms. The largest absolute Gasteiger partial charge is 0.508 e. The van der Waals surface area contributed by atoms with E-state index in [9.17, 15) is 19.5 Å². The second-order valence-corrected chi connectivity index (χ2v) is 11.5. The van der Waals surface area contributed by atoms with Crippen molar-refractivity contribution in [2.24, 2.45) is 11.3 Å². The first kappa shape index (κ1) is 25.5. The number of carbonyl (C=O) groups is 3. The van der Waals surface area contributed by atoms with Gasteiger partial charge < -0.3 is 20.1 Å². The number of aldehydes is 1. The van der Waals surface area contributed by atoms with Gasteiger partial charge in [-0.1, -0.05) is 64.6 Å². The van der Waals surface area contributed by atoms with Crippen LogP contribution in [0.25, 0.3) is 0 Å². The summed E-state index contributed by atoms with van der Waals surface area (Å²) < 4.78 is 0. The lowest BCUT2D eigenvalue weighted by atomic mass is 9.67. The van der Waals surface area contributed by atoms with Crippen molar-refractivity contribution < 1.29 is 19.5 Å². The van der Waals surface area contributed by atoms with Crippen LogP contribution in [-0.2, 0) is 26.3 Å². The molecule has 0 radical (unpaired) electrons. The number of phenolic OH excluding ortho intramolecular Hbond substituents is 1. The highest BCUT2D eigenvalue weighted by Gasteiger charge is 2.74. The Hall–Kier alpha value is -2.81. The van der Waals surface area contributed by atoms with Gasteiger partial charge in [0.15, 0.2) is 0 Å². The molecule has 1 spiro atoms. The lowest BCUT2D eigenvalue weighted by molar-refractivity contribution is -0.133. The minimum Gasteiger partial charge on any atom is -0.508 e. The van der Waals surface area contributed by atoms with E-state index >= 15 is 0 Å². The summed E-state index contributed by atoms with van der Waals surface area (Å²) in [5, 5.41) is 17.8. The van der Waals surface area contributed by atoms with Crippen LogP contribution < -0.4 is 15.5 Å². The standard InChI is InChI=1S/C27H19Cl4N3O4/c28-14-6-15(29)8-17(7-14)34-11-26(12-35)21(5-13-3-1-2-4-20(13)36)33-27(23(26)24(34)37)18-9-16(30)10-19(31)22(18)32-25(27)38/h1-4,6-10,12,21,23,33,36H,5,11H2,(H,32,38). The number of hydrogen-bond donors (Lipinski definition) is 3. The molecule has 3 aliphatic heterocycles. The quantitative estimate of drug-likeness (QED) is 0.362. The van der Waals surface area contributed by atoms with Gasteiger partial charge in [0.2, 0.25) is 11.8 Å². The molecule has 3 N–H and O–H groups in total. The van der Waals surface area contributed by atoms with Crippen molar-refractivity contribution in [3.05, 3.63) is 85.8 Å². The summed E-state index contributed by atoms with van der Waals surface area (Å²) in [7, 11) is 0. The highest BCUT2D eigenvalue weighted by molar-refractivity contribution is 6.38. The minimum absolute atomic E-state index is 0.0398. The molecule has 38 heavy (non-hydrogen) atoms. The first-order valence-electron chi connectivity index (χ1n) is 11.7. The van der Waals surface area contributed by atoms with Crippen molar-refractivity contribution in [3.8, 4) is 5.75 Å². The van der Waals surface area contributed by atoms with Crippen LogP contribution in [0.1, 0.15) is 11.1 Å². The Labute approximate surface area is 237 Å². The lowest BCUT2D eigenvalue weighted by Gasteiger charge is -2.30. The topological polar surface area (TPSA) is 98.7 Å². The van der Waals surface area contributed by atoms with Crippen molar-refractivity contribution in [2.75, 3.05) is 16.8 Å². The van der Waals surface area contributed by atoms with Crippen molar-refractivity contribution in [2.45, 2.75) is 18.0 Å². The number of rotatable bonds is 4. The number of anilines is 2. The van der Waals surface area contributed by atoms with Crippen LogP contribution in [0.3, 0.4) is 0 Å². The molecule has 11 heteroatoms. The molecule has 0 aromatic heterocycles. The van der Waals surface area contributed by atoms with E-state index in [0.29, 0.717) is 32.5 Å². The Morgan fingerprint density at radius 2 is 1.68 bits per heavy atom. The summed E-state index contributed by atoms with van der Waals surface area (Å²) in [4.78, 5) is 42.7. The average molecular weight is 591 g/mol. The Morgan fingerprint density at radius 1 is 1.00 bits per heavy atom. The van der Waals surface area contributed by atoms with E-state index in [2.05, 4.69) is 10.6 Å². The van der Waals surface area contributed by atoms with Gasteiger partial charge in [-0.25, -0.2) is 0 Å². The fourth-order valence-corrected chi connectivity index (χ4v) is 7.30. The molecular weight excluding hydrogens is 572 g/mol. The molecule has 2 fully saturated rings. The van der Waals surface area contributed by atoms with Crippen LogP contribution in [0.15, 0.2) is 54.6 Å². The Balaban J connectivity index is 1.57. The van der Waals surface area contributed by atoms with Crippen LogP contribution in [0.5, 0.6) is 5.75 Å². The highest BCUT2D eigenvalue weighted by Crippen LogP contribution is 2.59. The maximum absolute atomic E-state index is 14.3. The number of benzene rings is 3. The predicted octanol–water partition coefficient (Wildman–Crippen LogP) is 5.22. The first-order valence-corrected chi connectivity index (χ1v) is 13.2. The fraction of sp³-hybridized carbons (Fsp3) is 0.222. The van der Waals surface area contributed by atoms with E-state index in [0.717, 1.165) is 6.29 Å². The molecule has 4 atom stereocenters. The molecule has 4 unspecified atom stereocenters. The normalized spacial score (nSPS) is 27.5. The Bertz CT molecular complexity index is 1530. The van der Waals surface area contributed by atoms with Gasteiger partial charge in [0.25, 0.3) is 0 Å². The predicted molar refractivity (Wildman–Crippen MR) is 146 cm³/mol. The van der Waals surface area contributed by atoms with Crippen LogP contribution in [0.4, 0.5) is 11.4 Å². The van der Waals surface area contributed by atoms with Gasteiger partial charge in [-0.05, 0) is 48.4 Å². The zero-order chi connectivity index (χ0) is 27.0. The second-order valence-electron chi connectivity index (χ2n) is 9.82. The molecule has 3 aliphatic rings. The van der Waals surface area contributed by atoms with E-state index in [1.165, 1.54) is 17.0 Å². The van der Waals surface area contributed by atoms with Crippen molar-refractivity contribution >= 4 is 75.9 Å². The van der Waals surface area contributed by atoms with Gasteiger partial charge in [-0.3, -0.25) is 14.9 Å². The summed E-state index contributed by atoms with van der Waals surface area (Å²) in [5.41, 5.74) is -1.34. The van der Waals surface area contributed by atoms with Crippen molar-refractivity contribution in [3.63, 3.8) is 0 Å². The summed E-state index contributed by atoms with van der Waals surface area (Å²) in [6, 6.07) is 13.8. The number of halogens is 4. The van der Waals surface area contributed by atoms with Gasteiger partial charge in [0.1, 0.15) is 17.6 Å². The van der Waals surface area contributed by atoms with Gasteiger partial charge in [0.05, 0.1) is 22.0 Å². The molecule has 0 aliphatic carbocycles. The van der Waals surface area contributed by atoms with Crippen LogP contribution in [-0.4, -0.2) is 35.8 Å². The summed E-state index contributed by atoms with van der Waals surface area (Å²) in [6.45, 7) is -0.0411. The molecule has 3 heterocycles. The first-order chi connectivity index (χ1) is 18.1. The number of aromatic hydroxyl groups is 1. The average Bonchev–Trinajstić information content (AvgIpc) is 3.43. The summed E-state index contributed by atoms with van der Waals surface area (Å²) in [5.74, 6) is -2.09. The SMILES string of the molecule is O=CC12CN(c3cc(Cl)cc(Cl)c3)C(=O)C1C1(NC2Cc2ccccc2O)C(=O)Nc2c(Cl)cc(Cl)cc21. The van der Waals surface area contributed by atoms with Crippen LogP contribution in [0, 0.1) is 11.3 Å². The van der Waals surface area contributed by atoms with Gasteiger partial charge in [-0.2, -0.15) is 0 Å². The lowest BCUT2D eigenvalue weighted by Crippen LogP contribution is -2.53. The maximum Gasteiger partial charge on any atom is 0.250 e. The van der Waals surface area contributed by atoms with E-state index in [1.54, 1.807) is 42.5 Å². The van der Waals surface area contributed by atoms with Gasteiger partial charge >= 0.3 is 0 Å². The third kappa shape index (κ3) is 3.50. The Kier molecular flexibility index (Phi) is 5.94. The monoisotopic (exact) mass is 589 g/mol. The highest BCUT2D eigenvalue weighted by atomic mass is 35.5. The molecule has 3 aromatic carbocycles. The number of nitrogens with one attached hydrogen (secondary N) is 2. The third-order valence-electron chi connectivity index (χ3n) is 7.84. The maximum atomic E-state index is 14.3. The molecule has 194 valence electrons. The molecule has 2 amide bonds. The van der Waals surface area contributed by atoms with E-state index in [1.807, 2.05) is 0 Å². The van der Waals surface area contributed by atoms with E-state index in [-0.39, 0.29) is 28.8 Å². The second kappa shape index (κ2) is 8.86. The zero-order valence-corrected chi connectivity index (χ0v) is 22.5. The fourth-order valence-electron chi connectivity index (χ4n) is 6.24. The molecule has 3 aromatic rings. The number of carbonyl (C=O) groups excluding carboxylic acids is 3. The van der Waals surface area contributed by atoms with Crippen LogP contribution in [0.2, 0.25) is 20.1 Å². The minimum atomic E-state index is -1.64. The zero-order valence-electron chi connectivity index (χ0n) is 19.5. The smallest absolute Gasteiger partial charge is 0.250 e. The molecule has 2 saturated heterocycles. The van der Waals surface area contributed by atoms with Gasteiger partial charge in [0, 0.05) is 38.9 Å². The number of amides is 2. The van der Waals surface area contributed by atoms with Crippen LogP contribution >= 0.6 is 46.4 Å². The number of para-hydroxylation sites is 1. The summed E-state index contributed by atoms with van der Waals surface area (Å²) in [6.07, 6.45) is 0.906. The molecular formula is C27H19Cl4N3O4. The van der Waals surface area contributed by atoms with E-state index < -0.39 is 34.7 Å². The Morgan fingerprint density at radius 3 is 2.37 bits per heavy atom. The molecule has 0 saturated carbocycles. The van der Waals surface area contributed by atoms with Crippen molar-refractivity contribution in [1.82, 2.24) is 5.32 Å². The molecule has 7 nitrogen and oxygen atoms in total. The number of nitrogens with zero attached hydrogens (tertiary/aromatic N) is 1. The van der Waals surface area contributed by atoms with E-state index in [4.69, 9.17) is 46.4 Å².